The Labute approximate surface area is 111 Å². The summed E-state index contributed by atoms with van der Waals surface area (Å²) in [5.41, 5.74) is 5.63. The minimum Gasteiger partial charge on any atom is -0.356 e. The van der Waals surface area contributed by atoms with Gasteiger partial charge in [0.1, 0.15) is 0 Å². The van der Waals surface area contributed by atoms with Crippen LogP contribution in [0.4, 0.5) is 0 Å². The Bertz CT molecular complexity index is 239. The van der Waals surface area contributed by atoms with E-state index in [0.717, 1.165) is 25.9 Å². The van der Waals surface area contributed by atoms with Gasteiger partial charge in [-0.3, -0.25) is 4.79 Å². The number of likely N-dealkylation sites (tertiary alicyclic amines) is 1. The third-order valence-electron chi connectivity index (χ3n) is 3.69. The number of amides is 1. The van der Waals surface area contributed by atoms with E-state index in [0.29, 0.717) is 12.5 Å². The van der Waals surface area contributed by atoms with E-state index in [1.54, 1.807) is 0 Å². The molecule has 2 atom stereocenters. The zero-order valence-corrected chi connectivity index (χ0v) is 12.0. The average Bonchev–Trinajstić information content (AvgIpc) is 2.85. The van der Waals surface area contributed by atoms with E-state index in [1.165, 1.54) is 25.9 Å². The van der Waals surface area contributed by atoms with Crippen LogP contribution in [0.5, 0.6) is 0 Å². The van der Waals surface area contributed by atoms with Crippen LogP contribution >= 0.6 is 0 Å². The van der Waals surface area contributed by atoms with Crippen LogP contribution in [0.2, 0.25) is 0 Å². The molecular weight excluding hydrogens is 226 g/mol. The summed E-state index contributed by atoms with van der Waals surface area (Å²) >= 11 is 0. The Morgan fingerprint density at radius 3 is 2.61 bits per heavy atom. The van der Waals surface area contributed by atoms with Crippen molar-refractivity contribution < 1.29 is 4.79 Å². The molecular formula is C14H29N3O. The van der Waals surface area contributed by atoms with Crippen LogP contribution in [0.25, 0.3) is 0 Å². The number of carbonyl (C=O) groups excluding carboxylic acids is 1. The summed E-state index contributed by atoms with van der Waals surface area (Å²) in [4.78, 5) is 14.4. The van der Waals surface area contributed by atoms with Gasteiger partial charge in [-0.05, 0) is 38.3 Å². The molecule has 1 saturated heterocycles. The first-order valence-corrected chi connectivity index (χ1v) is 7.37. The first-order valence-electron chi connectivity index (χ1n) is 7.37. The van der Waals surface area contributed by atoms with Gasteiger partial charge >= 0.3 is 0 Å². The maximum atomic E-state index is 11.9. The van der Waals surface area contributed by atoms with Crippen molar-refractivity contribution in [3.8, 4) is 0 Å². The number of hydrogen-bond donors (Lipinski definition) is 2. The molecule has 1 amide bonds. The molecule has 18 heavy (non-hydrogen) atoms. The van der Waals surface area contributed by atoms with Gasteiger partial charge in [-0.1, -0.05) is 20.3 Å². The molecule has 4 nitrogen and oxygen atoms in total. The zero-order chi connectivity index (χ0) is 13.4. The lowest BCUT2D eigenvalue weighted by Gasteiger charge is -2.21. The quantitative estimate of drug-likeness (QED) is 0.685. The van der Waals surface area contributed by atoms with Crippen LogP contribution in [-0.4, -0.2) is 43.5 Å². The number of nitrogens with one attached hydrogen (secondary N) is 1. The predicted molar refractivity (Wildman–Crippen MR) is 75.3 cm³/mol. The van der Waals surface area contributed by atoms with Crippen molar-refractivity contribution in [3.63, 3.8) is 0 Å². The van der Waals surface area contributed by atoms with Crippen molar-refractivity contribution in [1.82, 2.24) is 10.2 Å². The van der Waals surface area contributed by atoms with Crippen LogP contribution in [0.1, 0.15) is 39.5 Å². The maximum Gasteiger partial charge on any atom is 0.224 e. The predicted octanol–water partition coefficient (Wildman–Crippen LogP) is 1.21. The number of carbonyl (C=O) groups is 1. The summed E-state index contributed by atoms with van der Waals surface area (Å²) in [5.74, 6) is 0.647. The summed E-state index contributed by atoms with van der Waals surface area (Å²) < 4.78 is 0. The third kappa shape index (κ3) is 5.36. The molecule has 1 rings (SSSR count). The van der Waals surface area contributed by atoms with Crippen molar-refractivity contribution in [2.45, 2.75) is 39.5 Å². The first-order chi connectivity index (χ1) is 8.67. The van der Waals surface area contributed by atoms with E-state index in [1.807, 2.05) is 0 Å². The van der Waals surface area contributed by atoms with Crippen LogP contribution in [0.15, 0.2) is 0 Å². The molecule has 0 saturated carbocycles. The molecule has 0 radical (unpaired) electrons. The third-order valence-corrected chi connectivity index (χ3v) is 3.69. The monoisotopic (exact) mass is 255 g/mol. The van der Waals surface area contributed by atoms with Crippen molar-refractivity contribution in [1.29, 1.82) is 0 Å². The second-order valence-corrected chi connectivity index (χ2v) is 5.58. The van der Waals surface area contributed by atoms with Crippen molar-refractivity contribution in [2.24, 2.45) is 17.6 Å². The Hall–Kier alpha value is -0.610. The lowest BCUT2D eigenvalue weighted by atomic mass is 10.0. The van der Waals surface area contributed by atoms with E-state index in [9.17, 15) is 4.79 Å². The molecule has 0 aromatic heterocycles. The molecule has 1 aliphatic heterocycles. The highest BCUT2D eigenvalue weighted by atomic mass is 16.1. The fourth-order valence-electron chi connectivity index (χ4n) is 2.59. The Balaban J connectivity index is 2.19. The lowest BCUT2D eigenvalue weighted by Crippen LogP contribution is -2.39. The van der Waals surface area contributed by atoms with Gasteiger partial charge in [-0.15, -0.1) is 0 Å². The van der Waals surface area contributed by atoms with Gasteiger partial charge in [0.15, 0.2) is 0 Å². The normalized spacial score (nSPS) is 19.7. The summed E-state index contributed by atoms with van der Waals surface area (Å²) in [6.07, 6.45) is 4.55. The van der Waals surface area contributed by atoms with E-state index < -0.39 is 0 Å². The van der Waals surface area contributed by atoms with E-state index in [-0.39, 0.29) is 11.8 Å². The maximum absolute atomic E-state index is 11.9. The summed E-state index contributed by atoms with van der Waals surface area (Å²) in [6, 6.07) is 0. The summed E-state index contributed by atoms with van der Waals surface area (Å²) in [7, 11) is 0. The molecule has 1 aliphatic rings. The Morgan fingerprint density at radius 2 is 2.06 bits per heavy atom. The first kappa shape index (κ1) is 15.4. The molecule has 2 unspecified atom stereocenters. The molecule has 1 heterocycles. The summed E-state index contributed by atoms with van der Waals surface area (Å²) in [5, 5.41) is 3.05. The van der Waals surface area contributed by atoms with E-state index >= 15 is 0 Å². The number of hydrogen-bond acceptors (Lipinski definition) is 3. The van der Waals surface area contributed by atoms with Gasteiger partial charge in [0.2, 0.25) is 5.91 Å². The zero-order valence-electron chi connectivity index (χ0n) is 12.0. The number of rotatable bonds is 8. The highest BCUT2D eigenvalue weighted by molar-refractivity contribution is 5.78. The highest BCUT2D eigenvalue weighted by Gasteiger charge is 2.18. The number of nitrogens with two attached hydrogens (primary N) is 1. The SMILES string of the molecule is CCCC(CN)C(=O)NCC(C)CN1CCCC1. The smallest absolute Gasteiger partial charge is 0.224 e. The topological polar surface area (TPSA) is 58.4 Å². The van der Waals surface area contributed by atoms with Crippen LogP contribution in [-0.2, 0) is 4.79 Å². The Kier molecular flexibility index (Phi) is 7.28. The molecule has 0 aromatic rings. The van der Waals surface area contributed by atoms with Gasteiger partial charge in [-0.25, -0.2) is 0 Å². The largest absolute Gasteiger partial charge is 0.356 e. The fourth-order valence-corrected chi connectivity index (χ4v) is 2.59. The van der Waals surface area contributed by atoms with E-state index in [2.05, 4.69) is 24.1 Å². The second-order valence-electron chi connectivity index (χ2n) is 5.58. The molecule has 4 heteroatoms. The highest BCUT2D eigenvalue weighted by Crippen LogP contribution is 2.10. The lowest BCUT2D eigenvalue weighted by molar-refractivity contribution is -0.125. The Morgan fingerprint density at radius 1 is 1.39 bits per heavy atom. The minimum atomic E-state index is -0.00557. The molecule has 0 bridgehead atoms. The van der Waals surface area contributed by atoms with Gasteiger partial charge in [0, 0.05) is 19.6 Å². The van der Waals surface area contributed by atoms with Crippen molar-refractivity contribution in [2.75, 3.05) is 32.7 Å². The summed E-state index contributed by atoms with van der Waals surface area (Å²) in [6.45, 7) is 9.07. The van der Waals surface area contributed by atoms with Crippen LogP contribution in [0.3, 0.4) is 0 Å². The molecule has 0 aliphatic carbocycles. The van der Waals surface area contributed by atoms with Gasteiger partial charge < -0.3 is 16.0 Å². The van der Waals surface area contributed by atoms with E-state index in [4.69, 9.17) is 5.73 Å². The average molecular weight is 255 g/mol. The number of nitrogens with zero attached hydrogens (tertiary/aromatic N) is 1. The standard InChI is InChI=1S/C14H29N3O/c1-3-6-13(9-15)14(18)16-10-12(2)11-17-7-4-5-8-17/h12-13H,3-11,15H2,1-2H3,(H,16,18). The molecule has 0 aromatic carbocycles. The fraction of sp³-hybridized carbons (Fsp3) is 0.929. The molecule has 0 spiro atoms. The van der Waals surface area contributed by atoms with Crippen LogP contribution in [0, 0.1) is 11.8 Å². The van der Waals surface area contributed by atoms with Gasteiger partial charge in [-0.2, -0.15) is 0 Å². The molecule has 1 fully saturated rings. The second kappa shape index (κ2) is 8.48. The molecule has 3 N–H and O–H groups in total. The molecule has 106 valence electrons. The minimum absolute atomic E-state index is 0.00557. The van der Waals surface area contributed by atoms with Crippen molar-refractivity contribution in [3.05, 3.63) is 0 Å². The van der Waals surface area contributed by atoms with Crippen LogP contribution < -0.4 is 11.1 Å². The van der Waals surface area contributed by atoms with Crippen molar-refractivity contribution >= 4 is 5.91 Å². The van der Waals surface area contributed by atoms with Gasteiger partial charge in [0.25, 0.3) is 0 Å². The van der Waals surface area contributed by atoms with Gasteiger partial charge in [0.05, 0.1) is 5.92 Å².